The summed E-state index contributed by atoms with van der Waals surface area (Å²) in [4.78, 5) is 38.8. The normalized spacial score (nSPS) is 11.8. The first-order chi connectivity index (χ1) is 20.0. The van der Waals surface area contributed by atoms with E-state index < -0.39 is 19.8 Å². The summed E-state index contributed by atoms with van der Waals surface area (Å²) in [6, 6.07) is 0. The fourth-order valence-electron chi connectivity index (χ4n) is 4.28. The third-order valence-corrected chi connectivity index (χ3v) is 17.0. The SMILES string of the molecule is CC[CH2][Sn+]([CH2]CC)[CH2]CC.Cc1nc[n-]c1C=NCCN(CCN=Cc1nc[nH]c1C)CCN=Cc1nc[nH]c1C. The summed E-state index contributed by atoms with van der Waals surface area (Å²) in [5.41, 5.74) is 5.51. The first-order valence-electron chi connectivity index (χ1n) is 15.0. The number of nitrogens with one attached hydrogen (secondary N) is 2. The van der Waals surface area contributed by atoms with Crippen molar-refractivity contribution in [2.75, 3.05) is 39.3 Å². The molecular weight excluding hydrogens is 619 g/mol. The average Bonchev–Trinajstić information content (AvgIpc) is 3.68. The predicted octanol–water partition coefficient (Wildman–Crippen LogP) is 5.08. The molecule has 0 radical (unpaired) electrons. The maximum absolute atomic E-state index is 4.52. The number of hydrogen-bond donors (Lipinski definition) is 2. The zero-order chi connectivity index (χ0) is 29.7. The van der Waals surface area contributed by atoms with Gasteiger partial charge in [0.1, 0.15) is 11.4 Å². The Morgan fingerprint density at radius 1 is 0.732 bits per heavy atom. The third kappa shape index (κ3) is 14.2. The van der Waals surface area contributed by atoms with Gasteiger partial charge in [0, 0.05) is 49.7 Å². The fourth-order valence-corrected chi connectivity index (χ4v) is 12.5. The summed E-state index contributed by atoms with van der Waals surface area (Å²) in [5, 5.41) is 0. The summed E-state index contributed by atoms with van der Waals surface area (Å²) in [6.07, 6.45) is 14.7. The van der Waals surface area contributed by atoms with Crippen LogP contribution in [0.1, 0.15) is 74.2 Å². The molecule has 11 heteroatoms. The fraction of sp³-hybridized carbons (Fsp3) is 0.600. The molecule has 0 amide bonds. The molecular formula is C30H50N10Sn. The van der Waals surface area contributed by atoms with Gasteiger partial charge in [-0.15, -0.1) is 0 Å². The minimum atomic E-state index is -0.759. The first kappa shape index (κ1) is 34.6. The predicted molar refractivity (Wildman–Crippen MR) is 174 cm³/mol. The molecule has 0 aliphatic heterocycles. The molecule has 3 aromatic rings. The Kier molecular flexibility index (Phi) is 17.9. The van der Waals surface area contributed by atoms with Crippen molar-refractivity contribution in [2.24, 2.45) is 15.0 Å². The van der Waals surface area contributed by atoms with Gasteiger partial charge in [-0.1, -0.05) is 12.0 Å². The third-order valence-electron chi connectivity index (χ3n) is 6.64. The van der Waals surface area contributed by atoms with Crippen LogP contribution in [0.2, 0.25) is 13.3 Å². The number of aliphatic imine (C=N–C) groups is 3. The molecule has 3 rings (SSSR count). The van der Waals surface area contributed by atoms with E-state index >= 15 is 0 Å². The molecule has 3 aromatic heterocycles. The van der Waals surface area contributed by atoms with E-state index in [1.54, 1.807) is 38.5 Å². The van der Waals surface area contributed by atoms with Gasteiger partial charge in [0.15, 0.2) is 0 Å². The van der Waals surface area contributed by atoms with Crippen LogP contribution < -0.4 is 4.98 Å². The molecule has 0 unspecified atom stereocenters. The van der Waals surface area contributed by atoms with Crippen molar-refractivity contribution in [2.45, 2.75) is 74.1 Å². The maximum atomic E-state index is 4.52. The van der Waals surface area contributed by atoms with Crippen LogP contribution in [0.4, 0.5) is 0 Å². The molecule has 10 nitrogen and oxygen atoms in total. The van der Waals surface area contributed by atoms with Crippen LogP contribution in [0.15, 0.2) is 34.0 Å². The molecule has 0 aromatic carbocycles. The Balaban J connectivity index is 0.000000503. The molecule has 0 fully saturated rings. The number of imidazole rings is 3. The molecule has 2 N–H and O–H groups in total. The van der Waals surface area contributed by atoms with Crippen LogP contribution in [0.5, 0.6) is 0 Å². The van der Waals surface area contributed by atoms with Crippen LogP contribution >= 0.6 is 0 Å². The number of aryl methyl sites for hydroxylation is 3. The van der Waals surface area contributed by atoms with E-state index in [2.05, 4.69) is 70.6 Å². The number of H-pyrrole nitrogens is 2. The summed E-state index contributed by atoms with van der Waals surface area (Å²) >= 11 is -0.759. The number of hydrogen-bond acceptors (Lipinski definition) is 7. The van der Waals surface area contributed by atoms with Crippen LogP contribution in [-0.4, -0.2) is 107 Å². The van der Waals surface area contributed by atoms with Crippen molar-refractivity contribution in [1.29, 1.82) is 0 Å². The molecule has 0 spiro atoms. The maximum Gasteiger partial charge on any atom is 0.101 e. The number of rotatable bonds is 18. The second-order valence-corrected chi connectivity index (χ2v) is 18.7. The topological polar surface area (TPSA) is 125 Å². The standard InChI is InChI=1S/C21H29N10.3C3H7.Sn/c1-16-19(28-13-25-16)10-22-4-7-31(8-5-23-11-20-17(2)26-14-29-20)9-6-24-12-21-18(3)27-15-30-21;3*1-3-2;/h10-15H,4-9H2,1-3H3,(H2-,25,26,27,28,29,30);3*1,3H2,2H3;/q-1;;;;+1. The zero-order valence-electron chi connectivity index (χ0n) is 26.0. The Hall–Kier alpha value is -2.60. The average molecular weight is 670 g/mol. The van der Waals surface area contributed by atoms with Crippen LogP contribution in [0.25, 0.3) is 0 Å². The van der Waals surface area contributed by atoms with Crippen molar-refractivity contribution in [1.82, 2.24) is 34.8 Å². The van der Waals surface area contributed by atoms with Crippen molar-refractivity contribution in [3.63, 3.8) is 0 Å². The molecule has 3 heterocycles. The van der Waals surface area contributed by atoms with Gasteiger partial charge in [-0.05, 0) is 26.5 Å². The van der Waals surface area contributed by atoms with Crippen LogP contribution in [-0.2, 0) is 0 Å². The van der Waals surface area contributed by atoms with E-state index in [1.807, 2.05) is 33.2 Å². The van der Waals surface area contributed by atoms with Gasteiger partial charge in [0.25, 0.3) is 0 Å². The van der Waals surface area contributed by atoms with E-state index in [0.29, 0.717) is 19.6 Å². The van der Waals surface area contributed by atoms with Crippen LogP contribution in [0, 0.1) is 20.8 Å². The molecule has 0 aliphatic carbocycles. The molecule has 224 valence electrons. The Morgan fingerprint density at radius 2 is 1.20 bits per heavy atom. The molecule has 0 aliphatic rings. The summed E-state index contributed by atoms with van der Waals surface area (Å²) < 4.78 is 4.93. The number of aromatic amines is 2. The second kappa shape index (κ2) is 21.2. The summed E-state index contributed by atoms with van der Waals surface area (Å²) in [6.45, 7) is 17.4. The molecule has 0 bridgehead atoms. The monoisotopic (exact) mass is 670 g/mol. The molecule has 0 saturated carbocycles. The van der Waals surface area contributed by atoms with Crippen molar-refractivity contribution in [3.8, 4) is 0 Å². The summed E-state index contributed by atoms with van der Waals surface area (Å²) in [5.74, 6) is 0. The van der Waals surface area contributed by atoms with E-state index in [1.165, 1.54) is 19.3 Å². The van der Waals surface area contributed by atoms with E-state index in [4.69, 9.17) is 0 Å². The Bertz CT molecular complexity index is 1020. The van der Waals surface area contributed by atoms with Gasteiger partial charge in [-0.2, -0.15) is 0 Å². The minimum absolute atomic E-state index is 0.677. The van der Waals surface area contributed by atoms with Gasteiger partial charge in [-0.25, -0.2) is 9.97 Å². The zero-order valence-corrected chi connectivity index (χ0v) is 28.9. The minimum Gasteiger partial charge on any atom is -0.447 e. The Labute approximate surface area is 253 Å². The van der Waals surface area contributed by atoms with E-state index in [9.17, 15) is 0 Å². The molecule has 0 atom stereocenters. The number of aromatic nitrogens is 6. The van der Waals surface area contributed by atoms with Gasteiger partial charge in [0.05, 0.1) is 32.3 Å². The van der Waals surface area contributed by atoms with Gasteiger partial charge in [0.2, 0.25) is 0 Å². The van der Waals surface area contributed by atoms with E-state index in [-0.39, 0.29) is 0 Å². The quantitative estimate of drug-likeness (QED) is 0.145. The van der Waals surface area contributed by atoms with E-state index in [0.717, 1.165) is 53.8 Å². The summed E-state index contributed by atoms with van der Waals surface area (Å²) in [7, 11) is 0. The largest absolute Gasteiger partial charge is 0.447 e. The van der Waals surface area contributed by atoms with Gasteiger partial charge in [-0.3, -0.25) is 19.9 Å². The smallest absolute Gasteiger partial charge is 0.101 e. The van der Waals surface area contributed by atoms with Crippen LogP contribution in [0.3, 0.4) is 0 Å². The van der Waals surface area contributed by atoms with Gasteiger partial charge >= 0.3 is 73.1 Å². The van der Waals surface area contributed by atoms with Crippen molar-refractivity contribution < 1.29 is 0 Å². The Morgan fingerprint density at radius 3 is 1.56 bits per heavy atom. The second-order valence-electron chi connectivity index (χ2n) is 10.1. The number of nitrogens with zero attached hydrogens (tertiary/aromatic N) is 8. The first-order valence-corrected chi connectivity index (χ1v) is 21.0. The molecule has 0 saturated heterocycles. The van der Waals surface area contributed by atoms with Crippen molar-refractivity contribution >= 4 is 38.4 Å². The van der Waals surface area contributed by atoms with Gasteiger partial charge < -0.3 is 19.9 Å². The molecule has 41 heavy (non-hydrogen) atoms. The van der Waals surface area contributed by atoms with Crippen molar-refractivity contribution in [3.05, 3.63) is 53.1 Å².